The van der Waals surface area contributed by atoms with Gasteiger partial charge in [0.15, 0.2) is 11.7 Å². The Hall–Kier alpha value is -3.46. The molecule has 0 spiro atoms. The molecule has 8 nitrogen and oxygen atoms in total. The van der Waals surface area contributed by atoms with Crippen molar-refractivity contribution in [2.75, 3.05) is 13.2 Å². The first-order valence-electron chi connectivity index (χ1n) is 10.1. The minimum Gasteiger partial charge on any atom is -0.484 e. The average molecular weight is 458 g/mol. The highest BCUT2D eigenvalue weighted by Crippen LogP contribution is 2.15. The molecule has 2 aromatic carbocycles. The van der Waals surface area contributed by atoms with Crippen LogP contribution in [0.4, 0.5) is 0 Å². The first-order chi connectivity index (χ1) is 15.3. The Labute approximate surface area is 192 Å². The molecule has 3 N–H and O–H groups in total. The number of ether oxygens (including phenoxy) is 2. The van der Waals surface area contributed by atoms with Gasteiger partial charge in [-0.3, -0.25) is 25.2 Å². The summed E-state index contributed by atoms with van der Waals surface area (Å²) in [6.07, 6.45) is 0.453. The van der Waals surface area contributed by atoms with E-state index in [2.05, 4.69) is 16.2 Å². The molecule has 0 unspecified atom stereocenters. The Morgan fingerprint density at radius 1 is 0.906 bits per heavy atom. The lowest BCUT2D eigenvalue weighted by Gasteiger charge is -2.12. The van der Waals surface area contributed by atoms with Crippen molar-refractivity contribution < 1.29 is 23.9 Å². The number of hydrogen-bond acceptors (Lipinski definition) is 6. The summed E-state index contributed by atoms with van der Waals surface area (Å²) in [4.78, 5) is 35.5. The monoisotopic (exact) mass is 457 g/mol. The second kappa shape index (κ2) is 13.1. The Morgan fingerprint density at radius 3 is 2.28 bits per heavy atom. The van der Waals surface area contributed by atoms with Crippen LogP contribution in [0.5, 0.6) is 5.75 Å². The van der Waals surface area contributed by atoms with Crippen LogP contribution in [0.25, 0.3) is 0 Å². The van der Waals surface area contributed by atoms with Gasteiger partial charge in [0.1, 0.15) is 5.75 Å². The van der Waals surface area contributed by atoms with E-state index >= 15 is 0 Å². The summed E-state index contributed by atoms with van der Waals surface area (Å²) >= 11 is 4.95. The van der Waals surface area contributed by atoms with E-state index in [1.165, 1.54) is 0 Å². The van der Waals surface area contributed by atoms with Crippen LogP contribution in [0, 0.1) is 13.8 Å². The van der Waals surface area contributed by atoms with E-state index < -0.39 is 17.8 Å². The number of amides is 2. The predicted molar refractivity (Wildman–Crippen MR) is 124 cm³/mol. The molecule has 2 rings (SSSR count). The molecular formula is C23H27N3O5S. The molecule has 0 heterocycles. The van der Waals surface area contributed by atoms with E-state index in [0.717, 1.165) is 16.7 Å². The van der Waals surface area contributed by atoms with Gasteiger partial charge >= 0.3 is 5.97 Å². The van der Waals surface area contributed by atoms with Crippen LogP contribution in [0.2, 0.25) is 0 Å². The highest BCUT2D eigenvalue weighted by atomic mass is 32.1. The molecule has 2 amide bonds. The zero-order chi connectivity index (χ0) is 23.3. The Balaban J connectivity index is 1.57. The standard InChI is InChI=1S/C23H27N3O5S/c1-16-12-17(2)14-19(13-16)31-15-21(28)25-26-23(32)24-20(27)8-9-22(29)30-11-10-18-6-4-3-5-7-18/h3-7,12-14H,8-11,15H2,1-2H3,(H,25,28)(H2,24,26,27,32). The Kier molecular flexibility index (Phi) is 10.1. The summed E-state index contributed by atoms with van der Waals surface area (Å²) in [5, 5.41) is 2.29. The van der Waals surface area contributed by atoms with Crippen molar-refractivity contribution in [1.82, 2.24) is 16.2 Å². The fraction of sp³-hybridized carbons (Fsp3) is 0.304. The number of thiocarbonyl (C=S) groups is 1. The van der Waals surface area contributed by atoms with Gasteiger partial charge in [0, 0.05) is 12.8 Å². The van der Waals surface area contributed by atoms with E-state index in [1.807, 2.05) is 62.4 Å². The predicted octanol–water partition coefficient (Wildman–Crippen LogP) is 2.27. The second-order valence-corrected chi connectivity index (χ2v) is 7.53. The van der Waals surface area contributed by atoms with Gasteiger partial charge in [0.05, 0.1) is 13.0 Å². The highest BCUT2D eigenvalue weighted by Gasteiger charge is 2.10. The third-order valence-corrected chi connectivity index (χ3v) is 4.39. The van der Waals surface area contributed by atoms with E-state index in [4.69, 9.17) is 21.7 Å². The number of hydrogen-bond donors (Lipinski definition) is 3. The molecular weight excluding hydrogens is 430 g/mol. The average Bonchev–Trinajstić information content (AvgIpc) is 2.75. The smallest absolute Gasteiger partial charge is 0.306 e. The lowest BCUT2D eigenvalue weighted by molar-refractivity contribution is -0.144. The molecule has 0 radical (unpaired) electrons. The maximum atomic E-state index is 11.9. The van der Waals surface area contributed by atoms with Crippen molar-refractivity contribution in [1.29, 1.82) is 0 Å². The van der Waals surface area contributed by atoms with Gasteiger partial charge in [-0.15, -0.1) is 0 Å². The van der Waals surface area contributed by atoms with E-state index in [-0.39, 0.29) is 31.2 Å². The number of carbonyl (C=O) groups excluding carboxylic acids is 3. The van der Waals surface area contributed by atoms with Crippen LogP contribution in [0.3, 0.4) is 0 Å². The summed E-state index contributed by atoms with van der Waals surface area (Å²) in [6.45, 7) is 3.90. The third kappa shape index (κ3) is 10.0. The summed E-state index contributed by atoms with van der Waals surface area (Å²) in [7, 11) is 0. The van der Waals surface area contributed by atoms with Crippen molar-refractivity contribution in [2.45, 2.75) is 33.1 Å². The fourth-order valence-corrected chi connectivity index (χ4v) is 2.93. The molecule has 2 aromatic rings. The van der Waals surface area contributed by atoms with E-state index in [1.54, 1.807) is 0 Å². The maximum absolute atomic E-state index is 11.9. The van der Waals surface area contributed by atoms with E-state index in [9.17, 15) is 14.4 Å². The molecule has 0 aliphatic heterocycles. The van der Waals surface area contributed by atoms with Gasteiger partial charge in [-0.05, 0) is 54.9 Å². The summed E-state index contributed by atoms with van der Waals surface area (Å²) in [6, 6.07) is 15.3. The zero-order valence-corrected chi connectivity index (χ0v) is 18.9. The van der Waals surface area contributed by atoms with Crippen LogP contribution in [0.1, 0.15) is 29.5 Å². The van der Waals surface area contributed by atoms with Crippen molar-refractivity contribution in [3.05, 3.63) is 65.2 Å². The molecule has 0 fully saturated rings. The summed E-state index contributed by atoms with van der Waals surface area (Å²) in [5.74, 6) is -0.818. The van der Waals surface area contributed by atoms with Crippen molar-refractivity contribution in [2.24, 2.45) is 0 Å². The van der Waals surface area contributed by atoms with Gasteiger partial charge in [-0.25, -0.2) is 0 Å². The first-order valence-corrected chi connectivity index (χ1v) is 10.5. The molecule has 32 heavy (non-hydrogen) atoms. The highest BCUT2D eigenvalue weighted by molar-refractivity contribution is 7.80. The second-order valence-electron chi connectivity index (χ2n) is 7.12. The molecule has 0 saturated carbocycles. The Bertz CT molecular complexity index is 930. The number of aryl methyl sites for hydroxylation is 2. The topological polar surface area (TPSA) is 106 Å². The molecule has 170 valence electrons. The molecule has 0 saturated heterocycles. The SMILES string of the molecule is Cc1cc(C)cc(OCC(=O)NNC(=S)NC(=O)CCC(=O)OCCc2ccccc2)c1. The maximum Gasteiger partial charge on any atom is 0.306 e. The number of hydrazine groups is 1. The lowest BCUT2D eigenvalue weighted by Crippen LogP contribution is -2.49. The normalized spacial score (nSPS) is 10.1. The number of nitrogens with one attached hydrogen (secondary N) is 3. The lowest BCUT2D eigenvalue weighted by atomic mass is 10.1. The third-order valence-electron chi connectivity index (χ3n) is 4.19. The van der Waals surface area contributed by atoms with Gasteiger partial charge in [-0.2, -0.15) is 0 Å². The van der Waals surface area contributed by atoms with Crippen LogP contribution in [0.15, 0.2) is 48.5 Å². The molecule has 0 aliphatic carbocycles. The zero-order valence-electron chi connectivity index (χ0n) is 18.1. The van der Waals surface area contributed by atoms with Gasteiger partial charge in [0.2, 0.25) is 5.91 Å². The molecule has 0 aromatic heterocycles. The Morgan fingerprint density at radius 2 is 1.59 bits per heavy atom. The van der Waals surface area contributed by atoms with Gasteiger partial charge in [-0.1, -0.05) is 36.4 Å². The van der Waals surface area contributed by atoms with Crippen molar-refractivity contribution >= 4 is 35.1 Å². The minimum absolute atomic E-state index is 0.0701. The minimum atomic E-state index is -0.470. The number of esters is 1. The van der Waals surface area contributed by atoms with E-state index in [0.29, 0.717) is 12.2 Å². The molecule has 9 heteroatoms. The first kappa shape index (κ1) is 24.8. The largest absolute Gasteiger partial charge is 0.484 e. The van der Waals surface area contributed by atoms with Crippen molar-refractivity contribution in [3.63, 3.8) is 0 Å². The van der Waals surface area contributed by atoms with Crippen LogP contribution in [-0.4, -0.2) is 36.1 Å². The molecule has 0 atom stereocenters. The van der Waals surface area contributed by atoms with Crippen LogP contribution >= 0.6 is 12.2 Å². The number of benzene rings is 2. The summed E-state index contributed by atoms with van der Waals surface area (Å²) in [5.41, 5.74) is 7.88. The molecule has 0 aliphatic rings. The van der Waals surface area contributed by atoms with Crippen LogP contribution < -0.4 is 20.9 Å². The van der Waals surface area contributed by atoms with Crippen LogP contribution in [-0.2, 0) is 25.5 Å². The fourth-order valence-electron chi connectivity index (χ4n) is 2.76. The molecule has 0 bridgehead atoms. The number of rotatable bonds is 9. The summed E-state index contributed by atoms with van der Waals surface area (Å²) < 4.78 is 10.6. The van der Waals surface area contributed by atoms with Gasteiger partial charge in [0.25, 0.3) is 5.91 Å². The number of carbonyl (C=O) groups is 3. The van der Waals surface area contributed by atoms with Gasteiger partial charge < -0.3 is 14.8 Å². The quantitative estimate of drug-likeness (QED) is 0.301. The van der Waals surface area contributed by atoms with Crippen molar-refractivity contribution in [3.8, 4) is 5.75 Å².